The Balaban J connectivity index is 0.00000256. The summed E-state index contributed by atoms with van der Waals surface area (Å²) in [6, 6.07) is 3.89. The Labute approximate surface area is 114 Å². The van der Waals surface area contributed by atoms with E-state index < -0.39 is 17.8 Å². The molecule has 0 radical (unpaired) electrons. The van der Waals surface area contributed by atoms with Crippen LogP contribution in [0.3, 0.4) is 0 Å². The molecule has 1 aromatic carbocycles. The molecule has 6 heteroatoms. The van der Waals surface area contributed by atoms with Crippen LogP contribution in [0.1, 0.15) is 24.9 Å². The fourth-order valence-electron chi connectivity index (χ4n) is 1.31. The van der Waals surface area contributed by atoms with Crippen molar-refractivity contribution in [2.45, 2.75) is 19.4 Å². The quantitative estimate of drug-likeness (QED) is 0.866. The number of halogens is 3. The Morgan fingerprint density at radius 3 is 2.76 bits per heavy atom. The van der Waals surface area contributed by atoms with Crippen molar-refractivity contribution in [1.29, 1.82) is 0 Å². The Kier molecular flexibility index (Phi) is 7.34. The van der Waals surface area contributed by atoms with Crippen molar-refractivity contribution in [3.63, 3.8) is 0 Å². The molecular formula is C11H14BrClFNO2. The van der Waals surface area contributed by atoms with Crippen molar-refractivity contribution < 1.29 is 13.9 Å². The first-order valence-corrected chi connectivity index (χ1v) is 5.70. The maximum atomic E-state index is 13.5. The van der Waals surface area contributed by atoms with Crippen LogP contribution < -0.4 is 5.73 Å². The summed E-state index contributed by atoms with van der Waals surface area (Å²) in [5, 5.41) is 0. The fourth-order valence-corrected chi connectivity index (χ4v) is 1.64. The van der Waals surface area contributed by atoms with Gasteiger partial charge in [0.2, 0.25) is 0 Å². The lowest BCUT2D eigenvalue weighted by molar-refractivity contribution is -0.143. The topological polar surface area (TPSA) is 52.3 Å². The van der Waals surface area contributed by atoms with Crippen LogP contribution in [-0.4, -0.2) is 12.6 Å². The maximum absolute atomic E-state index is 13.5. The highest BCUT2D eigenvalue weighted by molar-refractivity contribution is 9.10. The molecule has 0 unspecified atom stereocenters. The molecule has 0 aromatic heterocycles. The van der Waals surface area contributed by atoms with Gasteiger partial charge < -0.3 is 10.5 Å². The second-order valence-electron chi connectivity index (χ2n) is 3.28. The van der Waals surface area contributed by atoms with E-state index in [2.05, 4.69) is 15.9 Å². The summed E-state index contributed by atoms with van der Waals surface area (Å²) >= 11 is 3.15. The van der Waals surface area contributed by atoms with Gasteiger partial charge in [0.25, 0.3) is 0 Å². The van der Waals surface area contributed by atoms with Crippen LogP contribution in [0, 0.1) is 5.82 Å². The van der Waals surface area contributed by atoms with E-state index in [0.717, 1.165) is 0 Å². The van der Waals surface area contributed by atoms with Crippen LogP contribution in [-0.2, 0) is 9.53 Å². The van der Waals surface area contributed by atoms with Crippen molar-refractivity contribution in [3.8, 4) is 0 Å². The summed E-state index contributed by atoms with van der Waals surface area (Å²) in [5.74, 6) is -0.844. The molecule has 0 aliphatic heterocycles. The first-order valence-electron chi connectivity index (χ1n) is 4.90. The zero-order chi connectivity index (χ0) is 12.1. The Bertz CT molecular complexity index is 390. The van der Waals surface area contributed by atoms with E-state index in [0.29, 0.717) is 16.6 Å². The number of hydrogen-bond acceptors (Lipinski definition) is 3. The lowest BCUT2D eigenvalue weighted by Crippen LogP contribution is -2.18. The minimum atomic E-state index is -0.674. The normalized spacial score (nSPS) is 11.5. The Morgan fingerprint density at radius 2 is 2.24 bits per heavy atom. The summed E-state index contributed by atoms with van der Waals surface area (Å²) in [6.45, 7) is 2.01. The first-order chi connectivity index (χ1) is 7.54. The lowest BCUT2D eigenvalue weighted by Gasteiger charge is -2.12. The largest absolute Gasteiger partial charge is 0.466 e. The second kappa shape index (κ2) is 7.63. The van der Waals surface area contributed by atoms with E-state index in [9.17, 15) is 9.18 Å². The SMILES string of the molecule is CCOC(=O)C[C@@H](N)c1ccc(Br)cc1F.Cl. The van der Waals surface area contributed by atoms with E-state index in [1.807, 2.05) is 0 Å². The van der Waals surface area contributed by atoms with Crippen LogP contribution >= 0.6 is 28.3 Å². The second-order valence-corrected chi connectivity index (χ2v) is 4.20. The molecule has 0 spiro atoms. The summed E-state index contributed by atoms with van der Waals surface area (Å²) in [4.78, 5) is 11.2. The molecule has 17 heavy (non-hydrogen) atoms. The monoisotopic (exact) mass is 325 g/mol. The molecule has 0 aliphatic rings. The molecule has 0 amide bonds. The number of ether oxygens (including phenoxy) is 1. The molecule has 0 heterocycles. The van der Waals surface area contributed by atoms with Gasteiger partial charge in [-0.25, -0.2) is 4.39 Å². The number of carbonyl (C=O) groups excluding carboxylic acids is 1. The van der Waals surface area contributed by atoms with Crippen LogP contribution in [0.2, 0.25) is 0 Å². The summed E-state index contributed by atoms with van der Waals surface area (Å²) in [6.07, 6.45) is -0.0214. The minimum absolute atomic E-state index is 0. The number of rotatable bonds is 4. The zero-order valence-corrected chi connectivity index (χ0v) is 11.7. The number of hydrogen-bond donors (Lipinski definition) is 1. The molecule has 0 bridgehead atoms. The van der Waals surface area contributed by atoms with E-state index in [1.54, 1.807) is 19.1 Å². The third-order valence-corrected chi connectivity index (χ3v) is 2.55. The smallest absolute Gasteiger partial charge is 0.307 e. The Morgan fingerprint density at radius 1 is 1.59 bits per heavy atom. The van der Waals surface area contributed by atoms with Crippen molar-refractivity contribution in [1.82, 2.24) is 0 Å². The summed E-state index contributed by atoms with van der Waals surface area (Å²) in [5.41, 5.74) is 6.04. The van der Waals surface area contributed by atoms with Gasteiger partial charge >= 0.3 is 5.97 Å². The molecule has 2 N–H and O–H groups in total. The summed E-state index contributed by atoms with van der Waals surface area (Å²) in [7, 11) is 0. The predicted molar refractivity (Wildman–Crippen MR) is 69.5 cm³/mol. The highest BCUT2D eigenvalue weighted by atomic mass is 79.9. The van der Waals surface area contributed by atoms with E-state index in [4.69, 9.17) is 10.5 Å². The molecule has 0 saturated carbocycles. The standard InChI is InChI=1S/C11H13BrFNO2.ClH/c1-2-16-11(15)6-10(14)8-4-3-7(12)5-9(8)13;/h3-5,10H,2,6,14H2,1H3;1H/t10-;/m1./s1. The van der Waals surface area contributed by atoms with Crippen molar-refractivity contribution in [3.05, 3.63) is 34.1 Å². The fraction of sp³-hybridized carbons (Fsp3) is 0.364. The third kappa shape index (κ3) is 5.02. The van der Waals surface area contributed by atoms with E-state index >= 15 is 0 Å². The molecule has 1 aromatic rings. The van der Waals surface area contributed by atoms with Gasteiger partial charge in [-0.3, -0.25) is 4.79 Å². The van der Waals surface area contributed by atoms with Gasteiger partial charge in [-0.05, 0) is 19.1 Å². The molecule has 0 aliphatic carbocycles. The van der Waals surface area contributed by atoms with Crippen molar-refractivity contribution >= 4 is 34.3 Å². The van der Waals surface area contributed by atoms with Crippen LogP contribution in [0.25, 0.3) is 0 Å². The minimum Gasteiger partial charge on any atom is -0.466 e. The van der Waals surface area contributed by atoms with Crippen LogP contribution in [0.15, 0.2) is 22.7 Å². The van der Waals surface area contributed by atoms with Crippen molar-refractivity contribution in [2.24, 2.45) is 5.73 Å². The van der Waals surface area contributed by atoms with Gasteiger partial charge in [-0.1, -0.05) is 22.0 Å². The first kappa shape index (κ1) is 16.4. The van der Waals surface area contributed by atoms with Gasteiger partial charge in [0, 0.05) is 16.1 Å². The molecule has 0 fully saturated rings. The molecule has 1 atom stereocenters. The Hall–Kier alpha value is -0.650. The van der Waals surface area contributed by atoms with Gasteiger partial charge in [0.15, 0.2) is 0 Å². The molecule has 1 rings (SSSR count). The predicted octanol–water partition coefficient (Wildman–Crippen LogP) is 2.96. The zero-order valence-electron chi connectivity index (χ0n) is 9.28. The number of esters is 1. The molecule has 3 nitrogen and oxygen atoms in total. The number of nitrogens with two attached hydrogens (primary N) is 1. The van der Waals surface area contributed by atoms with E-state index in [1.165, 1.54) is 6.07 Å². The lowest BCUT2D eigenvalue weighted by atomic mass is 10.0. The van der Waals surface area contributed by atoms with Crippen molar-refractivity contribution in [2.75, 3.05) is 6.61 Å². The highest BCUT2D eigenvalue weighted by Crippen LogP contribution is 2.21. The van der Waals surface area contributed by atoms with Crippen LogP contribution in [0.4, 0.5) is 4.39 Å². The van der Waals surface area contributed by atoms with Gasteiger partial charge in [0.05, 0.1) is 13.0 Å². The molecule has 96 valence electrons. The van der Waals surface area contributed by atoms with Gasteiger partial charge in [-0.15, -0.1) is 12.4 Å². The third-order valence-electron chi connectivity index (χ3n) is 2.05. The average Bonchev–Trinajstić information content (AvgIpc) is 2.17. The van der Waals surface area contributed by atoms with Gasteiger partial charge in [-0.2, -0.15) is 0 Å². The van der Waals surface area contributed by atoms with Crippen LogP contribution in [0.5, 0.6) is 0 Å². The number of benzene rings is 1. The molecular weight excluding hydrogens is 312 g/mol. The van der Waals surface area contributed by atoms with Gasteiger partial charge in [0.1, 0.15) is 5.82 Å². The number of carbonyl (C=O) groups is 1. The molecule has 0 saturated heterocycles. The van der Waals surface area contributed by atoms with E-state index in [-0.39, 0.29) is 18.8 Å². The highest BCUT2D eigenvalue weighted by Gasteiger charge is 2.16. The summed E-state index contributed by atoms with van der Waals surface area (Å²) < 4.78 is 18.9. The maximum Gasteiger partial charge on any atom is 0.307 e. The average molecular weight is 327 g/mol.